The summed E-state index contributed by atoms with van der Waals surface area (Å²) in [5, 5.41) is 12.3. The first kappa shape index (κ1) is 31.8. The molecule has 0 radical (unpaired) electrons. The van der Waals surface area contributed by atoms with Crippen molar-refractivity contribution >= 4 is 119 Å². The number of hydrogen-bond acceptors (Lipinski definition) is 3. The zero-order valence-electron chi connectivity index (χ0n) is 31.2. The molecular formula is C54H32N2OS. The fraction of sp³-hybridized carbons (Fsp3) is 0. The molecule has 0 aliphatic rings. The van der Waals surface area contributed by atoms with Crippen molar-refractivity contribution < 1.29 is 4.42 Å². The highest BCUT2D eigenvalue weighted by atomic mass is 32.1. The van der Waals surface area contributed by atoms with Gasteiger partial charge in [0.25, 0.3) is 0 Å². The molecule has 0 aliphatic heterocycles. The molecule has 3 nitrogen and oxygen atoms in total. The molecule has 0 aliphatic carbocycles. The smallest absolute Gasteiger partial charge is 0.159 e. The Hall–Kier alpha value is -7.40. The highest BCUT2D eigenvalue weighted by Crippen LogP contribution is 2.47. The lowest BCUT2D eigenvalue weighted by molar-refractivity contribution is 0.669. The maximum Gasteiger partial charge on any atom is 0.159 e. The second-order valence-corrected chi connectivity index (χ2v) is 16.3. The normalized spacial score (nSPS) is 12.1. The summed E-state index contributed by atoms with van der Waals surface area (Å²) in [6.45, 7) is 0. The van der Waals surface area contributed by atoms with Crippen molar-refractivity contribution in [1.82, 2.24) is 4.40 Å². The SMILES string of the molecule is c1ccc(-c2ccc(N(c3ccc4c(c3)c3cccc5c6ccccc6c6cccc7sc8cccc(c8c76)n4c53)c3cccc4c3oc3ccccc34)cc2)cc1. The Labute approximate surface area is 336 Å². The van der Waals surface area contributed by atoms with Crippen LogP contribution in [0.3, 0.4) is 0 Å². The molecule has 0 saturated carbocycles. The second-order valence-electron chi connectivity index (χ2n) is 15.2. The minimum absolute atomic E-state index is 0.867. The summed E-state index contributed by atoms with van der Waals surface area (Å²) in [5.74, 6) is 0. The van der Waals surface area contributed by atoms with Crippen LogP contribution < -0.4 is 4.90 Å². The van der Waals surface area contributed by atoms with E-state index in [2.05, 4.69) is 197 Å². The molecule has 4 heteroatoms. The summed E-state index contributed by atoms with van der Waals surface area (Å²) in [7, 11) is 0. The van der Waals surface area contributed by atoms with E-state index in [1.807, 2.05) is 17.4 Å². The van der Waals surface area contributed by atoms with E-state index < -0.39 is 0 Å². The molecule has 0 atom stereocenters. The Morgan fingerprint density at radius 2 is 1.00 bits per heavy atom. The minimum Gasteiger partial charge on any atom is -0.454 e. The predicted molar refractivity (Wildman–Crippen MR) is 248 cm³/mol. The van der Waals surface area contributed by atoms with E-state index in [-0.39, 0.29) is 0 Å². The van der Waals surface area contributed by atoms with Gasteiger partial charge in [0.05, 0.1) is 22.2 Å². The highest BCUT2D eigenvalue weighted by Gasteiger charge is 2.23. The van der Waals surface area contributed by atoms with Crippen molar-refractivity contribution in [2.75, 3.05) is 4.90 Å². The Bertz CT molecular complexity index is 3800. The van der Waals surface area contributed by atoms with E-state index in [1.165, 1.54) is 80.2 Å². The summed E-state index contributed by atoms with van der Waals surface area (Å²) in [6.07, 6.45) is 0. The Morgan fingerprint density at radius 3 is 1.84 bits per heavy atom. The maximum absolute atomic E-state index is 6.71. The molecule has 0 amide bonds. The van der Waals surface area contributed by atoms with Crippen LogP contribution in [-0.4, -0.2) is 4.40 Å². The van der Waals surface area contributed by atoms with E-state index in [1.54, 1.807) is 0 Å². The van der Waals surface area contributed by atoms with E-state index in [0.29, 0.717) is 0 Å². The number of nitrogens with zero attached hydrogens (tertiary/aromatic N) is 2. The predicted octanol–water partition coefficient (Wildman–Crippen LogP) is 16.0. The van der Waals surface area contributed by atoms with Crippen LogP contribution >= 0.6 is 11.3 Å². The summed E-state index contributed by atoms with van der Waals surface area (Å²) in [5.41, 5.74) is 10.9. The van der Waals surface area contributed by atoms with Crippen molar-refractivity contribution in [3.05, 3.63) is 194 Å². The van der Waals surface area contributed by atoms with Crippen LogP contribution in [0.15, 0.2) is 199 Å². The Kier molecular flexibility index (Phi) is 6.60. The van der Waals surface area contributed by atoms with E-state index in [9.17, 15) is 0 Å². The number of para-hydroxylation sites is 3. The molecule has 0 fully saturated rings. The monoisotopic (exact) mass is 756 g/mol. The average Bonchev–Trinajstić information content (AvgIpc) is 3.97. The number of furan rings is 1. The lowest BCUT2D eigenvalue weighted by Gasteiger charge is -2.26. The zero-order valence-corrected chi connectivity index (χ0v) is 32.0. The van der Waals surface area contributed by atoms with Crippen LogP contribution in [0.1, 0.15) is 0 Å². The van der Waals surface area contributed by atoms with Gasteiger partial charge in [-0.05, 0) is 87.9 Å². The standard InChI is InChI=1S/C54H32N2OS/c1-2-12-33(13-3-1)34-26-28-35(29-27-34)55(47-22-9-20-43-39-16-6-7-23-48(39)57-54(43)47)36-30-31-45-44(32-36)42-19-8-18-41-38-15-5-4-14-37(38)40-17-10-24-49-51(40)52-46(56(45)53(41)42)21-11-25-50(52)58-49/h1-32H. The fourth-order valence-electron chi connectivity index (χ4n) is 9.64. The van der Waals surface area contributed by atoms with E-state index in [0.717, 1.165) is 39.0 Å². The van der Waals surface area contributed by atoms with Crippen LogP contribution in [0.5, 0.6) is 0 Å². The van der Waals surface area contributed by atoms with Crippen LogP contribution in [0.2, 0.25) is 0 Å². The number of thiophene rings is 1. The molecule has 0 saturated heterocycles. The van der Waals surface area contributed by atoms with Gasteiger partial charge in [-0.15, -0.1) is 11.3 Å². The summed E-state index contributed by atoms with van der Waals surface area (Å²) in [4.78, 5) is 2.36. The van der Waals surface area contributed by atoms with Crippen LogP contribution in [-0.2, 0) is 0 Å². The molecule has 9 aromatic carbocycles. The van der Waals surface area contributed by atoms with Gasteiger partial charge in [-0.2, -0.15) is 0 Å². The highest BCUT2D eigenvalue weighted by molar-refractivity contribution is 7.26. The molecule has 0 N–H and O–H groups in total. The van der Waals surface area contributed by atoms with Gasteiger partial charge in [-0.25, -0.2) is 0 Å². The molecular weight excluding hydrogens is 725 g/mol. The maximum atomic E-state index is 6.71. The number of aromatic nitrogens is 1. The van der Waals surface area contributed by atoms with Gasteiger partial charge >= 0.3 is 0 Å². The molecule has 0 unspecified atom stereocenters. The van der Waals surface area contributed by atoms with Crippen molar-refractivity contribution in [3.63, 3.8) is 0 Å². The molecule has 0 spiro atoms. The van der Waals surface area contributed by atoms with Crippen LogP contribution in [0.4, 0.5) is 17.1 Å². The molecule has 58 heavy (non-hydrogen) atoms. The van der Waals surface area contributed by atoms with E-state index >= 15 is 0 Å². The second kappa shape index (κ2) is 12.1. The quantitative estimate of drug-likeness (QED) is 0.178. The molecule has 13 aromatic rings. The van der Waals surface area contributed by atoms with Crippen molar-refractivity contribution in [2.45, 2.75) is 0 Å². The molecule has 4 heterocycles. The lowest BCUT2D eigenvalue weighted by atomic mass is 10.0. The molecule has 13 rings (SSSR count). The third-order valence-corrected chi connectivity index (χ3v) is 13.3. The third-order valence-electron chi connectivity index (χ3n) is 12.1. The first-order valence-electron chi connectivity index (χ1n) is 19.8. The van der Waals surface area contributed by atoms with E-state index in [4.69, 9.17) is 4.42 Å². The number of anilines is 3. The fourth-order valence-corrected chi connectivity index (χ4v) is 10.8. The van der Waals surface area contributed by atoms with Gasteiger partial charge in [0.2, 0.25) is 0 Å². The van der Waals surface area contributed by atoms with Gasteiger partial charge in [-0.1, -0.05) is 133 Å². The Balaban J connectivity index is 1.15. The largest absolute Gasteiger partial charge is 0.454 e. The zero-order chi connectivity index (χ0) is 37.9. The average molecular weight is 757 g/mol. The Morgan fingerprint density at radius 1 is 0.397 bits per heavy atom. The minimum atomic E-state index is 0.867. The summed E-state index contributed by atoms with van der Waals surface area (Å²) >= 11 is 1.88. The number of rotatable bonds is 4. The van der Waals surface area contributed by atoms with Gasteiger partial charge in [0, 0.05) is 58.5 Å². The van der Waals surface area contributed by atoms with Crippen LogP contribution in [0, 0.1) is 0 Å². The van der Waals surface area contributed by atoms with Gasteiger partial charge in [0.1, 0.15) is 5.58 Å². The van der Waals surface area contributed by atoms with Gasteiger partial charge < -0.3 is 13.7 Å². The molecule has 270 valence electrons. The topological polar surface area (TPSA) is 20.8 Å². The van der Waals surface area contributed by atoms with Gasteiger partial charge in [-0.3, -0.25) is 0 Å². The number of hydrogen-bond donors (Lipinski definition) is 0. The van der Waals surface area contributed by atoms with Crippen LogP contribution in [0.25, 0.3) is 102 Å². The van der Waals surface area contributed by atoms with Crippen molar-refractivity contribution in [2.24, 2.45) is 0 Å². The molecule has 0 bridgehead atoms. The first-order chi connectivity index (χ1) is 28.8. The third kappa shape index (κ3) is 4.43. The summed E-state index contributed by atoms with van der Waals surface area (Å²) in [6, 6.07) is 70.7. The molecule has 4 aromatic heterocycles. The number of fused-ring (bicyclic) bond motifs is 10. The number of benzene rings is 9. The lowest BCUT2D eigenvalue weighted by Crippen LogP contribution is -2.10. The summed E-state index contributed by atoms with van der Waals surface area (Å²) < 4.78 is 11.9. The van der Waals surface area contributed by atoms with Gasteiger partial charge in [0.15, 0.2) is 5.58 Å². The van der Waals surface area contributed by atoms with Crippen molar-refractivity contribution in [3.8, 4) is 11.1 Å². The first-order valence-corrected chi connectivity index (χ1v) is 20.6. The van der Waals surface area contributed by atoms with Crippen molar-refractivity contribution in [1.29, 1.82) is 0 Å².